The maximum absolute atomic E-state index is 11.9. The lowest BCUT2D eigenvalue weighted by atomic mass is 9.87. The lowest BCUT2D eigenvalue weighted by Crippen LogP contribution is -2.49. The smallest absolute Gasteiger partial charge is 0.311 e. The number of aliphatic carboxylic acids is 1. The van der Waals surface area contributed by atoms with Gasteiger partial charge in [-0.2, -0.15) is 0 Å². The minimum absolute atomic E-state index is 0.108. The van der Waals surface area contributed by atoms with Gasteiger partial charge < -0.3 is 15.2 Å². The summed E-state index contributed by atoms with van der Waals surface area (Å²) in [6, 6.07) is 0. The summed E-state index contributed by atoms with van der Waals surface area (Å²) in [5, 5.41) is 11.7. The number of carboxylic acids is 1. The van der Waals surface area contributed by atoms with Crippen molar-refractivity contribution < 1.29 is 19.4 Å². The van der Waals surface area contributed by atoms with Gasteiger partial charge in [-0.1, -0.05) is 13.8 Å². The minimum atomic E-state index is -0.932. The number of carboxylic acid groups (broad SMARTS) is 1. The van der Waals surface area contributed by atoms with Crippen molar-refractivity contribution in [2.75, 3.05) is 13.7 Å². The highest BCUT2D eigenvalue weighted by Crippen LogP contribution is 2.21. The van der Waals surface area contributed by atoms with E-state index in [1.54, 1.807) is 20.8 Å². The molecule has 0 rings (SSSR count). The Bertz CT molecular complexity index is 286. The van der Waals surface area contributed by atoms with Gasteiger partial charge in [0.1, 0.15) is 5.60 Å². The second-order valence-corrected chi connectivity index (χ2v) is 4.69. The van der Waals surface area contributed by atoms with Crippen LogP contribution in [0, 0.1) is 5.41 Å². The van der Waals surface area contributed by atoms with E-state index in [1.165, 1.54) is 7.11 Å². The summed E-state index contributed by atoms with van der Waals surface area (Å²) in [6.45, 7) is 7.05. The highest BCUT2D eigenvalue weighted by Gasteiger charge is 2.35. The van der Waals surface area contributed by atoms with Crippen molar-refractivity contribution in [3.8, 4) is 0 Å². The molecule has 0 spiro atoms. The van der Waals surface area contributed by atoms with Crippen LogP contribution in [0.5, 0.6) is 0 Å². The molecule has 0 radical (unpaired) electrons. The van der Waals surface area contributed by atoms with E-state index in [-0.39, 0.29) is 12.5 Å². The van der Waals surface area contributed by atoms with Crippen molar-refractivity contribution in [3.05, 3.63) is 0 Å². The summed E-state index contributed by atoms with van der Waals surface area (Å²) in [5.74, 6) is -1.18. The van der Waals surface area contributed by atoms with Crippen LogP contribution in [-0.2, 0) is 14.3 Å². The summed E-state index contributed by atoms with van der Waals surface area (Å²) in [7, 11) is 1.47. The van der Waals surface area contributed by atoms with E-state index in [0.717, 1.165) is 0 Å². The number of hydrogen-bond donors (Lipinski definition) is 2. The van der Waals surface area contributed by atoms with Crippen LogP contribution >= 0.6 is 0 Å². The summed E-state index contributed by atoms with van der Waals surface area (Å²) in [5.41, 5.74) is -1.83. The first-order chi connectivity index (χ1) is 7.75. The van der Waals surface area contributed by atoms with Crippen LogP contribution in [0.2, 0.25) is 0 Å². The molecule has 5 heteroatoms. The fraction of sp³-hybridized carbons (Fsp3) is 0.833. The summed E-state index contributed by atoms with van der Waals surface area (Å²) in [4.78, 5) is 23.0. The Morgan fingerprint density at radius 3 is 2.06 bits per heavy atom. The molecular weight excluding hydrogens is 222 g/mol. The van der Waals surface area contributed by atoms with Crippen molar-refractivity contribution >= 4 is 11.9 Å². The second-order valence-electron chi connectivity index (χ2n) is 4.69. The van der Waals surface area contributed by atoms with E-state index in [9.17, 15) is 9.59 Å². The van der Waals surface area contributed by atoms with Crippen LogP contribution in [0.1, 0.15) is 40.5 Å². The summed E-state index contributed by atoms with van der Waals surface area (Å²) < 4.78 is 5.15. The number of rotatable bonds is 7. The fourth-order valence-electron chi connectivity index (χ4n) is 1.21. The third-order valence-corrected chi connectivity index (χ3v) is 3.54. The minimum Gasteiger partial charge on any atom is -0.481 e. The van der Waals surface area contributed by atoms with Crippen molar-refractivity contribution in [1.82, 2.24) is 5.32 Å². The quantitative estimate of drug-likeness (QED) is 0.711. The molecule has 0 heterocycles. The maximum Gasteiger partial charge on any atom is 0.311 e. The van der Waals surface area contributed by atoms with Gasteiger partial charge in [-0.15, -0.1) is 0 Å². The largest absolute Gasteiger partial charge is 0.481 e. The molecule has 0 aliphatic rings. The molecule has 17 heavy (non-hydrogen) atoms. The Labute approximate surface area is 103 Å². The first-order valence-corrected chi connectivity index (χ1v) is 5.82. The number of amides is 1. The number of hydrogen-bond acceptors (Lipinski definition) is 3. The van der Waals surface area contributed by atoms with E-state index >= 15 is 0 Å². The molecule has 0 fully saturated rings. The van der Waals surface area contributed by atoms with Crippen LogP contribution in [0.15, 0.2) is 0 Å². The first-order valence-electron chi connectivity index (χ1n) is 5.82. The molecule has 0 aliphatic carbocycles. The van der Waals surface area contributed by atoms with E-state index in [1.807, 2.05) is 6.92 Å². The van der Waals surface area contributed by atoms with E-state index in [4.69, 9.17) is 9.84 Å². The standard InChI is InChI=1S/C12H23NO4/c1-6-11(3,10(15)16)8-13-9(14)12(4,7-2)17-5/h6-8H2,1-5H3,(H,13,14)(H,15,16). The van der Waals surface area contributed by atoms with Gasteiger partial charge in [0.25, 0.3) is 5.91 Å². The Balaban J connectivity index is 4.57. The molecule has 0 aromatic heterocycles. The lowest BCUT2D eigenvalue weighted by molar-refractivity contribution is -0.149. The molecule has 2 unspecified atom stereocenters. The van der Waals surface area contributed by atoms with Crippen molar-refractivity contribution in [2.24, 2.45) is 5.41 Å². The SMILES string of the molecule is CCC(C)(CNC(=O)C(C)(CC)OC)C(=O)O. The van der Waals surface area contributed by atoms with Gasteiger partial charge in [0.2, 0.25) is 0 Å². The van der Waals surface area contributed by atoms with Gasteiger partial charge in [0.15, 0.2) is 0 Å². The molecule has 100 valence electrons. The second kappa shape index (κ2) is 6.00. The van der Waals surface area contributed by atoms with Gasteiger partial charge in [-0.3, -0.25) is 9.59 Å². The Kier molecular flexibility index (Phi) is 5.61. The first kappa shape index (κ1) is 15.9. The maximum atomic E-state index is 11.9. The third-order valence-electron chi connectivity index (χ3n) is 3.54. The molecule has 0 aromatic carbocycles. The van der Waals surface area contributed by atoms with Crippen LogP contribution < -0.4 is 5.32 Å². The van der Waals surface area contributed by atoms with Crippen molar-refractivity contribution in [2.45, 2.75) is 46.1 Å². The molecule has 0 aliphatic heterocycles. The number of methoxy groups -OCH3 is 1. The van der Waals surface area contributed by atoms with Crippen molar-refractivity contribution in [1.29, 1.82) is 0 Å². The summed E-state index contributed by atoms with van der Waals surface area (Å²) in [6.07, 6.45) is 0.990. The monoisotopic (exact) mass is 245 g/mol. The fourth-order valence-corrected chi connectivity index (χ4v) is 1.21. The van der Waals surface area contributed by atoms with Crippen LogP contribution in [0.3, 0.4) is 0 Å². The Morgan fingerprint density at radius 1 is 1.24 bits per heavy atom. The normalized spacial score (nSPS) is 17.9. The lowest BCUT2D eigenvalue weighted by Gasteiger charge is -2.29. The topological polar surface area (TPSA) is 75.6 Å². The third kappa shape index (κ3) is 3.70. The zero-order chi connectivity index (χ0) is 13.7. The zero-order valence-electron chi connectivity index (χ0n) is 11.3. The molecule has 5 nitrogen and oxygen atoms in total. The van der Waals surface area contributed by atoms with Gasteiger partial charge >= 0.3 is 5.97 Å². The van der Waals surface area contributed by atoms with E-state index < -0.39 is 17.0 Å². The Hall–Kier alpha value is -1.10. The van der Waals surface area contributed by atoms with E-state index in [0.29, 0.717) is 12.8 Å². The van der Waals surface area contributed by atoms with Gasteiger partial charge in [0.05, 0.1) is 5.41 Å². The average molecular weight is 245 g/mol. The molecule has 0 bridgehead atoms. The molecular formula is C12H23NO4. The molecule has 0 aromatic rings. The number of carbonyl (C=O) groups excluding carboxylic acids is 1. The average Bonchev–Trinajstić information content (AvgIpc) is 2.33. The number of carbonyl (C=O) groups is 2. The summed E-state index contributed by atoms with van der Waals surface area (Å²) >= 11 is 0. The molecule has 0 saturated heterocycles. The highest BCUT2D eigenvalue weighted by molar-refractivity contribution is 5.85. The number of ether oxygens (including phenoxy) is 1. The predicted molar refractivity (Wildman–Crippen MR) is 64.7 cm³/mol. The van der Waals surface area contributed by atoms with Crippen LogP contribution in [0.25, 0.3) is 0 Å². The molecule has 1 amide bonds. The number of nitrogens with one attached hydrogen (secondary N) is 1. The predicted octanol–water partition coefficient (Wildman–Crippen LogP) is 1.42. The van der Waals surface area contributed by atoms with Crippen LogP contribution in [0.4, 0.5) is 0 Å². The van der Waals surface area contributed by atoms with Gasteiger partial charge in [-0.25, -0.2) is 0 Å². The van der Waals surface area contributed by atoms with Crippen LogP contribution in [-0.4, -0.2) is 36.2 Å². The van der Waals surface area contributed by atoms with Crippen molar-refractivity contribution in [3.63, 3.8) is 0 Å². The molecule has 2 atom stereocenters. The highest BCUT2D eigenvalue weighted by atomic mass is 16.5. The Morgan fingerprint density at radius 2 is 1.76 bits per heavy atom. The van der Waals surface area contributed by atoms with E-state index in [2.05, 4.69) is 5.32 Å². The molecule has 0 saturated carbocycles. The molecule has 2 N–H and O–H groups in total. The van der Waals surface area contributed by atoms with Gasteiger partial charge in [-0.05, 0) is 26.7 Å². The van der Waals surface area contributed by atoms with Gasteiger partial charge in [0, 0.05) is 13.7 Å². The zero-order valence-corrected chi connectivity index (χ0v) is 11.3.